The van der Waals surface area contributed by atoms with Crippen molar-refractivity contribution in [1.82, 2.24) is 24.8 Å². The number of rotatable bonds is 1. The van der Waals surface area contributed by atoms with Gasteiger partial charge in [0.15, 0.2) is 0 Å². The van der Waals surface area contributed by atoms with Gasteiger partial charge >= 0.3 is 0 Å². The van der Waals surface area contributed by atoms with Gasteiger partial charge in [-0.3, -0.25) is 14.2 Å². The van der Waals surface area contributed by atoms with E-state index in [1.54, 1.807) is 19.9 Å². The van der Waals surface area contributed by atoms with Crippen LogP contribution in [0.5, 0.6) is 0 Å². The van der Waals surface area contributed by atoms with E-state index in [0.29, 0.717) is 60.7 Å². The second kappa shape index (κ2) is 10.9. The SMILES string of the molecule is Cc1nc2c3cc(C4(C#N)CC4)c(=O)n(c3n1)CCNC(=O)CCN1CCC(CC1)C(F)(F)c1cccc(c1F)[C@@H](C)N2. The second-order valence-electron chi connectivity index (χ2n) is 12.0. The normalized spacial score (nSPS) is 25.0. The zero-order chi connectivity index (χ0) is 30.5. The Bertz CT molecular complexity index is 1690. The Kier molecular flexibility index (Phi) is 7.40. The summed E-state index contributed by atoms with van der Waals surface area (Å²) in [6.07, 6.45) is 1.63. The van der Waals surface area contributed by atoms with Gasteiger partial charge in [-0.05, 0) is 58.7 Å². The second-order valence-corrected chi connectivity index (χ2v) is 12.0. The van der Waals surface area contributed by atoms with Crippen LogP contribution in [0.25, 0.3) is 11.0 Å². The van der Waals surface area contributed by atoms with Crippen molar-refractivity contribution in [2.45, 2.75) is 69.9 Å². The minimum atomic E-state index is -3.37. The fraction of sp³-hybridized carbons (Fsp3) is 0.516. The first-order valence-electron chi connectivity index (χ1n) is 14.8. The molecule has 9 nitrogen and oxygen atoms in total. The largest absolute Gasteiger partial charge is 0.363 e. The molecule has 1 saturated heterocycles. The number of carbonyl (C=O) groups is 1. The van der Waals surface area contributed by atoms with Crippen molar-refractivity contribution >= 4 is 22.8 Å². The molecule has 0 radical (unpaired) electrons. The molecular weight excluding hydrogens is 559 g/mol. The Morgan fingerprint density at radius 3 is 2.51 bits per heavy atom. The number of hydrogen-bond donors (Lipinski definition) is 2. The average molecular weight is 594 g/mol. The Balaban J connectivity index is 1.49. The summed E-state index contributed by atoms with van der Waals surface area (Å²) in [6, 6.07) is 7.21. The van der Waals surface area contributed by atoms with Gasteiger partial charge in [-0.15, -0.1) is 0 Å². The maximum Gasteiger partial charge on any atom is 0.278 e. The molecule has 0 spiro atoms. The third kappa shape index (κ3) is 5.24. The van der Waals surface area contributed by atoms with E-state index in [-0.39, 0.29) is 49.4 Å². The predicted molar refractivity (Wildman–Crippen MR) is 154 cm³/mol. The van der Waals surface area contributed by atoms with Crippen LogP contribution < -0.4 is 16.2 Å². The van der Waals surface area contributed by atoms with Gasteiger partial charge in [0.2, 0.25) is 5.91 Å². The lowest BCUT2D eigenvalue weighted by Crippen LogP contribution is -2.41. The van der Waals surface area contributed by atoms with E-state index in [1.807, 2.05) is 4.90 Å². The van der Waals surface area contributed by atoms with Crippen LogP contribution in [0, 0.1) is 30.0 Å². The van der Waals surface area contributed by atoms with Crippen molar-refractivity contribution in [3.8, 4) is 6.07 Å². The van der Waals surface area contributed by atoms with Crippen molar-refractivity contribution in [3.05, 3.63) is 63.0 Å². The van der Waals surface area contributed by atoms with Gasteiger partial charge in [0.05, 0.1) is 28.5 Å². The van der Waals surface area contributed by atoms with E-state index < -0.39 is 34.7 Å². The topological polar surface area (TPSA) is 116 Å². The molecule has 0 unspecified atom stereocenters. The Hall–Kier alpha value is -3.98. The number of anilines is 1. The van der Waals surface area contributed by atoms with Crippen LogP contribution >= 0.6 is 0 Å². The lowest BCUT2D eigenvalue weighted by molar-refractivity contribution is -0.122. The zero-order valence-corrected chi connectivity index (χ0v) is 24.2. The molecule has 4 aliphatic rings. The highest BCUT2D eigenvalue weighted by atomic mass is 19.3. The van der Waals surface area contributed by atoms with E-state index in [1.165, 1.54) is 16.7 Å². The molecule has 12 heteroatoms. The van der Waals surface area contributed by atoms with Crippen LogP contribution in [0.2, 0.25) is 0 Å². The van der Waals surface area contributed by atoms with Crippen molar-refractivity contribution in [2.24, 2.45) is 5.92 Å². The molecule has 3 aromatic rings. The van der Waals surface area contributed by atoms with E-state index >= 15 is 13.2 Å². The van der Waals surface area contributed by atoms with Crippen LogP contribution in [-0.4, -0.2) is 51.5 Å². The quantitative estimate of drug-likeness (QED) is 0.433. The number of benzene rings is 1. The van der Waals surface area contributed by atoms with Gasteiger partial charge in [-0.25, -0.2) is 23.1 Å². The third-order valence-corrected chi connectivity index (χ3v) is 9.16. The van der Waals surface area contributed by atoms with Crippen molar-refractivity contribution < 1.29 is 18.0 Å². The molecule has 226 valence electrons. The number of alkyl halides is 2. The maximum absolute atomic E-state index is 15.9. The number of amides is 1. The van der Waals surface area contributed by atoms with Gasteiger partial charge < -0.3 is 15.5 Å². The number of aryl methyl sites for hydroxylation is 1. The summed E-state index contributed by atoms with van der Waals surface area (Å²) in [5.41, 5.74) is -1.22. The first kappa shape index (κ1) is 29.1. The molecule has 2 N–H and O–H groups in total. The van der Waals surface area contributed by atoms with Crippen LogP contribution in [0.15, 0.2) is 29.1 Å². The summed E-state index contributed by atoms with van der Waals surface area (Å²) < 4.78 is 49.0. The molecule has 7 rings (SSSR count). The maximum atomic E-state index is 15.9. The molecule has 2 aromatic heterocycles. The molecule has 5 heterocycles. The molecule has 1 amide bonds. The fourth-order valence-electron chi connectivity index (χ4n) is 6.40. The van der Waals surface area contributed by atoms with Gasteiger partial charge in [-0.1, -0.05) is 18.2 Å². The van der Waals surface area contributed by atoms with Gasteiger partial charge in [-0.2, -0.15) is 5.26 Å². The summed E-state index contributed by atoms with van der Waals surface area (Å²) >= 11 is 0. The highest BCUT2D eigenvalue weighted by Gasteiger charge is 2.48. The van der Waals surface area contributed by atoms with E-state index in [0.717, 1.165) is 6.07 Å². The minimum absolute atomic E-state index is 0.0698. The first-order valence-corrected chi connectivity index (χ1v) is 14.8. The molecule has 43 heavy (non-hydrogen) atoms. The van der Waals surface area contributed by atoms with Gasteiger partial charge in [0.25, 0.3) is 11.5 Å². The number of nitrogens with one attached hydrogen (secondary N) is 2. The lowest BCUT2D eigenvalue weighted by Gasteiger charge is -2.36. The molecule has 1 aromatic carbocycles. The summed E-state index contributed by atoms with van der Waals surface area (Å²) in [7, 11) is 0. The van der Waals surface area contributed by atoms with E-state index in [9.17, 15) is 14.9 Å². The Morgan fingerprint density at radius 2 is 1.81 bits per heavy atom. The highest BCUT2D eigenvalue weighted by Crippen LogP contribution is 2.47. The Morgan fingerprint density at radius 1 is 1.07 bits per heavy atom. The third-order valence-electron chi connectivity index (χ3n) is 9.16. The van der Waals surface area contributed by atoms with Crippen molar-refractivity contribution in [3.63, 3.8) is 0 Å². The first-order chi connectivity index (χ1) is 20.5. The number of pyridine rings is 1. The number of carbonyl (C=O) groups excluding carboxylic acids is 1. The summed E-state index contributed by atoms with van der Waals surface area (Å²) in [5.74, 6) is -4.94. The average Bonchev–Trinajstić information content (AvgIpc) is 3.78. The zero-order valence-electron chi connectivity index (χ0n) is 24.2. The number of nitriles is 1. The van der Waals surface area contributed by atoms with Crippen LogP contribution in [-0.2, 0) is 22.7 Å². The monoisotopic (exact) mass is 593 g/mol. The highest BCUT2D eigenvalue weighted by molar-refractivity contribution is 5.88. The summed E-state index contributed by atoms with van der Waals surface area (Å²) in [4.78, 5) is 37.5. The number of aromatic nitrogens is 3. The van der Waals surface area contributed by atoms with Crippen LogP contribution in [0.1, 0.15) is 67.6 Å². The summed E-state index contributed by atoms with van der Waals surface area (Å²) in [6.45, 7) is 4.79. The fourth-order valence-corrected chi connectivity index (χ4v) is 6.40. The van der Waals surface area contributed by atoms with Crippen LogP contribution in [0.4, 0.5) is 19.0 Å². The Labute approximate surface area is 247 Å². The number of fused-ring (bicyclic) bond motifs is 8. The summed E-state index contributed by atoms with van der Waals surface area (Å²) in [5, 5.41) is 16.4. The molecule has 1 aliphatic carbocycles. The minimum Gasteiger partial charge on any atom is -0.363 e. The predicted octanol–water partition coefficient (Wildman–Crippen LogP) is 4.29. The molecular formula is C31H34F3N7O2. The van der Waals surface area contributed by atoms with E-state index in [4.69, 9.17) is 0 Å². The number of halogens is 3. The number of piperidine rings is 1. The standard InChI is InChI=1S/C31H34F3N7O2/c1-18-21-4-3-5-23(26(21)32)31(33,34)20-6-12-40(13-7-20)14-8-25(42)36-11-15-41-28-22(27(37-18)38-19(2)39-28)16-24(29(41)43)30(17-35)9-10-30/h3-5,16,18,20H,6-15H2,1-2H3,(H,36,42)(H,37,38,39)/t18-/m1/s1. The molecule has 1 atom stereocenters. The van der Waals surface area contributed by atoms with E-state index in [2.05, 4.69) is 26.7 Å². The number of hydrogen-bond acceptors (Lipinski definition) is 7. The molecule has 1 saturated carbocycles. The smallest absolute Gasteiger partial charge is 0.278 e. The van der Waals surface area contributed by atoms with Gasteiger partial charge in [0.1, 0.15) is 23.1 Å². The van der Waals surface area contributed by atoms with Gasteiger partial charge in [0, 0.05) is 43.1 Å². The van der Waals surface area contributed by atoms with Crippen molar-refractivity contribution in [2.75, 3.05) is 31.5 Å². The molecule has 3 aliphatic heterocycles. The van der Waals surface area contributed by atoms with Crippen molar-refractivity contribution in [1.29, 1.82) is 5.26 Å². The lowest BCUT2D eigenvalue weighted by atomic mass is 9.85. The van der Waals surface area contributed by atoms with Crippen LogP contribution in [0.3, 0.4) is 0 Å². The molecule has 8 bridgehead atoms. The number of nitrogens with zero attached hydrogens (tertiary/aromatic N) is 5. The molecule has 2 fully saturated rings.